The van der Waals surface area contributed by atoms with Gasteiger partial charge in [0.2, 0.25) is 0 Å². The Labute approximate surface area is 137 Å². The third-order valence-electron chi connectivity index (χ3n) is 3.51. The van der Waals surface area contributed by atoms with Gasteiger partial charge in [-0.15, -0.1) is 0 Å². The van der Waals surface area contributed by atoms with Crippen molar-refractivity contribution in [3.63, 3.8) is 0 Å². The first-order chi connectivity index (χ1) is 10.8. The number of anilines is 1. The highest BCUT2D eigenvalue weighted by Crippen LogP contribution is 2.20. The molecule has 0 radical (unpaired) electrons. The Kier molecular flexibility index (Phi) is 5.66. The van der Waals surface area contributed by atoms with E-state index in [1.807, 2.05) is 19.9 Å². The molecule has 23 heavy (non-hydrogen) atoms. The smallest absolute Gasteiger partial charge is 0.132 e. The fourth-order valence-electron chi connectivity index (χ4n) is 2.56. The normalized spacial score (nSPS) is 12.5. The molecule has 1 heterocycles. The van der Waals surface area contributed by atoms with Crippen molar-refractivity contribution in [3.05, 3.63) is 53.2 Å². The first kappa shape index (κ1) is 17.3. The highest BCUT2D eigenvalue weighted by atomic mass is 19.1. The van der Waals surface area contributed by atoms with Crippen LogP contribution < -0.4 is 4.90 Å². The number of nitrogens with zero attached hydrogens (tertiary/aromatic N) is 3. The number of aliphatic hydroxyl groups excluding tert-OH is 1. The number of aliphatic hydroxyl groups is 1. The lowest BCUT2D eigenvalue weighted by molar-refractivity contribution is 0.182. The minimum atomic E-state index is -0.704. The molecule has 1 unspecified atom stereocenters. The lowest BCUT2D eigenvalue weighted by Gasteiger charge is -2.28. The number of halogens is 1. The zero-order valence-electron chi connectivity index (χ0n) is 14.1. The molecule has 0 spiro atoms. The second-order valence-corrected chi connectivity index (χ2v) is 6.28. The summed E-state index contributed by atoms with van der Waals surface area (Å²) in [5.41, 5.74) is 1.60. The zero-order chi connectivity index (χ0) is 17.0. The van der Waals surface area contributed by atoms with E-state index >= 15 is 0 Å². The van der Waals surface area contributed by atoms with Crippen LogP contribution in [0.15, 0.2) is 30.3 Å². The third kappa shape index (κ3) is 4.99. The summed E-state index contributed by atoms with van der Waals surface area (Å²) < 4.78 is 13.0. The Morgan fingerprint density at radius 3 is 2.30 bits per heavy atom. The molecule has 124 valence electrons. The SMILES string of the molecule is Cc1cc(N(CC(C)C)CC(O)c2ccc(F)cc2)nc(C)n1. The minimum Gasteiger partial charge on any atom is -0.387 e. The highest BCUT2D eigenvalue weighted by molar-refractivity contribution is 5.40. The Morgan fingerprint density at radius 1 is 1.09 bits per heavy atom. The van der Waals surface area contributed by atoms with E-state index in [0.29, 0.717) is 23.9 Å². The van der Waals surface area contributed by atoms with Crippen LogP contribution in [-0.4, -0.2) is 28.2 Å². The second-order valence-electron chi connectivity index (χ2n) is 6.28. The van der Waals surface area contributed by atoms with E-state index < -0.39 is 6.10 Å². The largest absolute Gasteiger partial charge is 0.387 e. The van der Waals surface area contributed by atoms with Gasteiger partial charge in [0.05, 0.1) is 6.10 Å². The molecular formula is C18H24FN3O. The molecular weight excluding hydrogens is 293 g/mol. The molecule has 4 nitrogen and oxygen atoms in total. The number of aromatic nitrogens is 2. The van der Waals surface area contributed by atoms with Crippen molar-refractivity contribution in [2.24, 2.45) is 5.92 Å². The summed E-state index contributed by atoms with van der Waals surface area (Å²) in [5.74, 6) is 1.64. The van der Waals surface area contributed by atoms with Gasteiger partial charge in [-0.1, -0.05) is 26.0 Å². The van der Waals surface area contributed by atoms with E-state index in [1.165, 1.54) is 12.1 Å². The summed E-state index contributed by atoms with van der Waals surface area (Å²) in [6, 6.07) is 7.88. The predicted molar refractivity (Wildman–Crippen MR) is 89.9 cm³/mol. The van der Waals surface area contributed by atoms with Crippen LogP contribution in [0.2, 0.25) is 0 Å². The first-order valence-corrected chi connectivity index (χ1v) is 7.86. The zero-order valence-corrected chi connectivity index (χ0v) is 14.1. The second kappa shape index (κ2) is 7.51. The maximum atomic E-state index is 13.0. The van der Waals surface area contributed by atoms with Crippen molar-refractivity contribution in [2.75, 3.05) is 18.0 Å². The van der Waals surface area contributed by atoms with E-state index in [1.54, 1.807) is 12.1 Å². The average molecular weight is 317 g/mol. The lowest BCUT2D eigenvalue weighted by atomic mass is 10.1. The van der Waals surface area contributed by atoms with Crippen molar-refractivity contribution >= 4 is 5.82 Å². The van der Waals surface area contributed by atoms with E-state index in [4.69, 9.17) is 0 Å². The molecule has 5 heteroatoms. The number of rotatable bonds is 6. The molecule has 1 aromatic heterocycles. The van der Waals surface area contributed by atoms with Gasteiger partial charge in [-0.2, -0.15) is 0 Å². The van der Waals surface area contributed by atoms with Gasteiger partial charge in [0.15, 0.2) is 0 Å². The molecule has 0 fully saturated rings. The fourth-order valence-corrected chi connectivity index (χ4v) is 2.56. The monoisotopic (exact) mass is 317 g/mol. The number of benzene rings is 1. The predicted octanol–water partition coefficient (Wildman–Crippen LogP) is 3.43. The Balaban J connectivity index is 2.22. The van der Waals surface area contributed by atoms with Gasteiger partial charge in [-0.25, -0.2) is 14.4 Å². The number of hydrogen-bond acceptors (Lipinski definition) is 4. The Hall–Kier alpha value is -2.01. The van der Waals surface area contributed by atoms with Crippen molar-refractivity contribution in [2.45, 2.75) is 33.8 Å². The summed E-state index contributed by atoms with van der Waals surface area (Å²) in [7, 11) is 0. The van der Waals surface area contributed by atoms with Crippen LogP contribution in [0.5, 0.6) is 0 Å². The minimum absolute atomic E-state index is 0.304. The Bertz CT molecular complexity index is 623. The van der Waals surface area contributed by atoms with E-state index in [2.05, 4.69) is 28.7 Å². The number of hydrogen-bond donors (Lipinski definition) is 1. The topological polar surface area (TPSA) is 49.2 Å². The van der Waals surface area contributed by atoms with Gasteiger partial charge in [0, 0.05) is 24.8 Å². The molecule has 2 rings (SSSR count). The molecule has 0 aliphatic carbocycles. The fraction of sp³-hybridized carbons (Fsp3) is 0.444. The van der Waals surface area contributed by atoms with E-state index in [0.717, 1.165) is 18.1 Å². The van der Waals surface area contributed by atoms with Crippen LogP contribution >= 0.6 is 0 Å². The van der Waals surface area contributed by atoms with Crippen molar-refractivity contribution < 1.29 is 9.50 Å². The summed E-state index contributed by atoms with van der Waals surface area (Å²) in [4.78, 5) is 10.8. The molecule has 0 saturated heterocycles. The van der Waals surface area contributed by atoms with Crippen molar-refractivity contribution in [1.29, 1.82) is 0 Å². The maximum absolute atomic E-state index is 13.0. The van der Waals surface area contributed by atoms with Crippen LogP contribution in [0.1, 0.15) is 37.0 Å². The summed E-state index contributed by atoms with van der Waals surface area (Å²) >= 11 is 0. The van der Waals surface area contributed by atoms with Gasteiger partial charge in [0.25, 0.3) is 0 Å². The summed E-state index contributed by atoms with van der Waals surface area (Å²) in [6.07, 6.45) is -0.704. The van der Waals surface area contributed by atoms with Gasteiger partial charge in [-0.05, 0) is 37.5 Å². The van der Waals surface area contributed by atoms with Gasteiger partial charge < -0.3 is 10.0 Å². The standard InChI is InChI=1S/C18H24FN3O/c1-12(2)10-22(18-9-13(3)20-14(4)21-18)11-17(23)15-5-7-16(19)8-6-15/h5-9,12,17,23H,10-11H2,1-4H3. The van der Waals surface area contributed by atoms with Gasteiger partial charge in [-0.3, -0.25) is 0 Å². The van der Waals surface area contributed by atoms with Crippen molar-refractivity contribution in [3.8, 4) is 0 Å². The van der Waals surface area contributed by atoms with Crippen LogP contribution in [0, 0.1) is 25.6 Å². The average Bonchev–Trinajstić information content (AvgIpc) is 2.45. The number of aryl methyl sites for hydroxylation is 2. The molecule has 0 aliphatic rings. The first-order valence-electron chi connectivity index (χ1n) is 7.86. The van der Waals surface area contributed by atoms with E-state index in [-0.39, 0.29) is 5.82 Å². The molecule has 0 amide bonds. The molecule has 2 aromatic rings. The highest BCUT2D eigenvalue weighted by Gasteiger charge is 2.17. The molecule has 0 saturated carbocycles. The molecule has 1 atom stereocenters. The Morgan fingerprint density at radius 2 is 1.74 bits per heavy atom. The van der Waals surface area contributed by atoms with Crippen molar-refractivity contribution in [1.82, 2.24) is 9.97 Å². The molecule has 0 aliphatic heterocycles. The summed E-state index contributed by atoms with van der Waals surface area (Å²) in [6.45, 7) is 9.22. The maximum Gasteiger partial charge on any atom is 0.132 e. The van der Waals surface area contributed by atoms with Crippen LogP contribution in [-0.2, 0) is 0 Å². The molecule has 1 N–H and O–H groups in total. The van der Waals surface area contributed by atoms with Gasteiger partial charge >= 0.3 is 0 Å². The quantitative estimate of drug-likeness (QED) is 0.887. The third-order valence-corrected chi connectivity index (χ3v) is 3.51. The van der Waals surface area contributed by atoms with E-state index in [9.17, 15) is 9.50 Å². The molecule has 0 bridgehead atoms. The summed E-state index contributed by atoms with van der Waals surface area (Å²) in [5, 5.41) is 10.5. The molecule has 1 aromatic carbocycles. The van der Waals surface area contributed by atoms with Gasteiger partial charge in [0.1, 0.15) is 17.5 Å². The van der Waals surface area contributed by atoms with Crippen LogP contribution in [0.25, 0.3) is 0 Å². The van der Waals surface area contributed by atoms with Crippen LogP contribution in [0.3, 0.4) is 0 Å². The van der Waals surface area contributed by atoms with Crippen LogP contribution in [0.4, 0.5) is 10.2 Å². The lowest BCUT2D eigenvalue weighted by Crippen LogP contribution is -2.33.